The van der Waals surface area contributed by atoms with E-state index in [0.29, 0.717) is 11.1 Å². The van der Waals surface area contributed by atoms with E-state index in [1.54, 1.807) is 24.3 Å². The average molecular weight is 270 g/mol. The van der Waals surface area contributed by atoms with Gasteiger partial charge in [-0.15, -0.1) is 0 Å². The van der Waals surface area contributed by atoms with E-state index in [1.165, 1.54) is 19.3 Å². The van der Waals surface area contributed by atoms with Gasteiger partial charge in [0.15, 0.2) is 0 Å². The van der Waals surface area contributed by atoms with Crippen molar-refractivity contribution in [2.24, 2.45) is 5.92 Å². The highest BCUT2D eigenvalue weighted by molar-refractivity contribution is 5.94. The van der Waals surface area contributed by atoms with Gasteiger partial charge >= 0.3 is 0 Å². The number of nitriles is 1. The van der Waals surface area contributed by atoms with E-state index >= 15 is 0 Å². The van der Waals surface area contributed by atoms with E-state index in [-0.39, 0.29) is 5.91 Å². The summed E-state index contributed by atoms with van der Waals surface area (Å²) in [5.74, 6) is 0.880. The highest BCUT2D eigenvalue weighted by Crippen LogP contribution is 2.22. The maximum atomic E-state index is 12.5. The maximum absolute atomic E-state index is 12.5. The number of carbonyl (C=O) groups is 1. The van der Waals surface area contributed by atoms with Crippen molar-refractivity contribution in [3.63, 3.8) is 0 Å². The molecule has 0 saturated carbocycles. The van der Waals surface area contributed by atoms with Crippen molar-refractivity contribution in [2.45, 2.75) is 39.0 Å². The van der Waals surface area contributed by atoms with Crippen LogP contribution in [0.4, 0.5) is 0 Å². The number of amides is 1. The summed E-state index contributed by atoms with van der Waals surface area (Å²) in [6, 6.07) is 9.02. The van der Waals surface area contributed by atoms with Crippen molar-refractivity contribution in [3.05, 3.63) is 35.4 Å². The molecule has 1 saturated heterocycles. The third-order valence-electron chi connectivity index (χ3n) is 4.09. The number of rotatable bonds is 3. The van der Waals surface area contributed by atoms with Gasteiger partial charge in [0, 0.05) is 18.7 Å². The highest BCUT2D eigenvalue weighted by Gasteiger charge is 2.21. The minimum absolute atomic E-state index is 0.103. The smallest absolute Gasteiger partial charge is 0.253 e. The van der Waals surface area contributed by atoms with Gasteiger partial charge < -0.3 is 4.90 Å². The van der Waals surface area contributed by atoms with Gasteiger partial charge in [-0.1, -0.05) is 19.8 Å². The van der Waals surface area contributed by atoms with Crippen LogP contribution in [0, 0.1) is 17.2 Å². The summed E-state index contributed by atoms with van der Waals surface area (Å²) < 4.78 is 0. The minimum Gasteiger partial charge on any atom is -0.339 e. The third kappa shape index (κ3) is 3.60. The molecule has 0 radical (unpaired) electrons. The van der Waals surface area contributed by atoms with Crippen LogP contribution in [-0.2, 0) is 0 Å². The third-order valence-corrected chi connectivity index (χ3v) is 4.09. The fourth-order valence-electron chi connectivity index (χ4n) is 2.94. The normalized spacial score (nSPS) is 19.2. The fraction of sp³-hybridized carbons (Fsp3) is 0.529. The lowest BCUT2D eigenvalue weighted by atomic mass is 9.96. The first-order chi connectivity index (χ1) is 9.74. The van der Waals surface area contributed by atoms with E-state index < -0.39 is 0 Å². The molecule has 1 fully saturated rings. The van der Waals surface area contributed by atoms with Crippen molar-refractivity contribution in [3.8, 4) is 6.07 Å². The molecule has 1 aromatic rings. The van der Waals surface area contributed by atoms with Gasteiger partial charge in [0.1, 0.15) is 0 Å². The Morgan fingerprint density at radius 2 is 2.05 bits per heavy atom. The van der Waals surface area contributed by atoms with Crippen LogP contribution in [0.2, 0.25) is 0 Å². The van der Waals surface area contributed by atoms with Gasteiger partial charge in [0.2, 0.25) is 0 Å². The van der Waals surface area contributed by atoms with Crippen LogP contribution < -0.4 is 0 Å². The van der Waals surface area contributed by atoms with Gasteiger partial charge in [-0.05, 0) is 49.4 Å². The molecule has 1 unspecified atom stereocenters. The Bertz CT molecular complexity index is 487. The molecular weight excluding hydrogens is 248 g/mol. The van der Waals surface area contributed by atoms with Crippen LogP contribution in [0.15, 0.2) is 24.3 Å². The van der Waals surface area contributed by atoms with Crippen LogP contribution in [-0.4, -0.2) is 23.9 Å². The summed E-state index contributed by atoms with van der Waals surface area (Å²) in [5.41, 5.74) is 1.29. The Morgan fingerprint density at radius 3 is 2.70 bits per heavy atom. The largest absolute Gasteiger partial charge is 0.339 e. The van der Waals surface area contributed by atoms with Gasteiger partial charge in [0.05, 0.1) is 11.6 Å². The molecule has 0 bridgehead atoms. The van der Waals surface area contributed by atoms with Crippen molar-refractivity contribution >= 4 is 5.91 Å². The molecular formula is C17H22N2O. The molecule has 1 atom stereocenters. The van der Waals surface area contributed by atoms with Gasteiger partial charge in [-0.3, -0.25) is 4.79 Å². The Balaban J connectivity index is 1.99. The standard InChI is InChI=1S/C17H22N2O/c1-2-4-14-5-3-11-19(12-10-14)17(20)16-8-6-15(13-18)7-9-16/h6-9,14H,2-5,10-12H2,1H3. The molecule has 0 aliphatic carbocycles. The second-order valence-corrected chi connectivity index (χ2v) is 5.57. The molecule has 1 heterocycles. The van der Waals surface area contributed by atoms with Crippen LogP contribution in [0.5, 0.6) is 0 Å². The zero-order valence-corrected chi connectivity index (χ0v) is 12.1. The summed E-state index contributed by atoms with van der Waals surface area (Å²) >= 11 is 0. The van der Waals surface area contributed by atoms with Crippen LogP contribution in [0.3, 0.4) is 0 Å². The van der Waals surface area contributed by atoms with Crippen molar-refractivity contribution in [2.75, 3.05) is 13.1 Å². The zero-order chi connectivity index (χ0) is 14.4. The molecule has 106 valence electrons. The second-order valence-electron chi connectivity index (χ2n) is 5.57. The zero-order valence-electron chi connectivity index (χ0n) is 12.1. The lowest BCUT2D eigenvalue weighted by molar-refractivity contribution is 0.0760. The van der Waals surface area contributed by atoms with Gasteiger partial charge in [-0.25, -0.2) is 0 Å². The predicted octanol–water partition coefficient (Wildman–Crippen LogP) is 3.60. The molecule has 1 aliphatic heterocycles. The number of hydrogen-bond acceptors (Lipinski definition) is 2. The SMILES string of the molecule is CCCC1CCCN(C(=O)c2ccc(C#N)cc2)CC1. The topological polar surface area (TPSA) is 44.1 Å². The number of hydrogen-bond donors (Lipinski definition) is 0. The van der Waals surface area contributed by atoms with E-state index in [0.717, 1.165) is 31.8 Å². The summed E-state index contributed by atoms with van der Waals surface area (Å²) in [6.07, 6.45) is 5.97. The summed E-state index contributed by atoms with van der Waals surface area (Å²) in [4.78, 5) is 14.4. The summed E-state index contributed by atoms with van der Waals surface area (Å²) in [7, 11) is 0. The highest BCUT2D eigenvalue weighted by atomic mass is 16.2. The molecule has 20 heavy (non-hydrogen) atoms. The van der Waals surface area contributed by atoms with E-state index in [2.05, 4.69) is 13.0 Å². The molecule has 0 N–H and O–H groups in total. The predicted molar refractivity (Wildman–Crippen MR) is 79.3 cm³/mol. The quantitative estimate of drug-likeness (QED) is 0.842. The maximum Gasteiger partial charge on any atom is 0.253 e. The average Bonchev–Trinajstić information content (AvgIpc) is 2.73. The van der Waals surface area contributed by atoms with E-state index in [1.807, 2.05) is 4.90 Å². The summed E-state index contributed by atoms with van der Waals surface area (Å²) in [6.45, 7) is 3.95. The van der Waals surface area contributed by atoms with Gasteiger partial charge in [-0.2, -0.15) is 5.26 Å². The van der Waals surface area contributed by atoms with Crippen LogP contribution in [0.1, 0.15) is 54.9 Å². The molecule has 0 aromatic heterocycles. The lowest BCUT2D eigenvalue weighted by Crippen LogP contribution is -2.32. The number of nitrogens with zero attached hydrogens (tertiary/aromatic N) is 2. The molecule has 0 spiro atoms. The first-order valence-corrected chi connectivity index (χ1v) is 7.54. The van der Waals surface area contributed by atoms with Gasteiger partial charge in [0.25, 0.3) is 5.91 Å². The Hall–Kier alpha value is -1.82. The van der Waals surface area contributed by atoms with Crippen LogP contribution >= 0.6 is 0 Å². The molecule has 2 rings (SSSR count). The number of likely N-dealkylation sites (tertiary alicyclic amines) is 1. The Morgan fingerprint density at radius 1 is 1.30 bits per heavy atom. The van der Waals surface area contributed by atoms with Crippen molar-refractivity contribution in [1.82, 2.24) is 4.90 Å². The second kappa shape index (κ2) is 7.09. The number of carbonyl (C=O) groups excluding carboxylic acids is 1. The molecule has 3 nitrogen and oxygen atoms in total. The van der Waals surface area contributed by atoms with Crippen molar-refractivity contribution < 1.29 is 4.79 Å². The molecule has 1 aromatic carbocycles. The lowest BCUT2D eigenvalue weighted by Gasteiger charge is -2.20. The molecule has 3 heteroatoms. The Kier molecular flexibility index (Phi) is 5.17. The Labute approximate surface area is 121 Å². The molecule has 1 aliphatic rings. The minimum atomic E-state index is 0.103. The summed E-state index contributed by atoms with van der Waals surface area (Å²) in [5, 5.41) is 8.79. The first kappa shape index (κ1) is 14.6. The molecule has 1 amide bonds. The van der Waals surface area contributed by atoms with E-state index in [9.17, 15) is 4.79 Å². The monoisotopic (exact) mass is 270 g/mol. The first-order valence-electron chi connectivity index (χ1n) is 7.54. The fourth-order valence-corrected chi connectivity index (χ4v) is 2.94. The number of benzene rings is 1. The van der Waals surface area contributed by atoms with Crippen LogP contribution in [0.25, 0.3) is 0 Å². The van der Waals surface area contributed by atoms with Crippen molar-refractivity contribution in [1.29, 1.82) is 5.26 Å². The van der Waals surface area contributed by atoms with E-state index in [4.69, 9.17) is 5.26 Å².